The zero-order valence-corrected chi connectivity index (χ0v) is 14.0. The van der Waals surface area contributed by atoms with Gasteiger partial charge in [-0.1, -0.05) is 29.8 Å². The van der Waals surface area contributed by atoms with Crippen molar-refractivity contribution in [1.29, 1.82) is 0 Å². The number of carbonyl (C=O) groups excluding carboxylic acids is 1. The van der Waals surface area contributed by atoms with E-state index in [4.69, 9.17) is 11.6 Å². The topological polar surface area (TPSA) is 71.0 Å². The van der Waals surface area contributed by atoms with Gasteiger partial charge in [-0.25, -0.2) is 14.5 Å². The number of H-pyrrole nitrogens is 1. The van der Waals surface area contributed by atoms with Crippen LogP contribution in [0.5, 0.6) is 0 Å². The Morgan fingerprint density at radius 2 is 1.72 bits per heavy atom. The van der Waals surface area contributed by atoms with E-state index in [1.807, 2.05) is 42.5 Å². The number of rotatable bonds is 3. The number of carbonyl (C=O) groups is 1. The fourth-order valence-corrected chi connectivity index (χ4v) is 3.29. The van der Waals surface area contributed by atoms with Crippen molar-refractivity contribution < 1.29 is 4.79 Å². The second-order valence-electron chi connectivity index (χ2n) is 5.94. The number of hydrogen-bond acceptors (Lipinski definition) is 3. The molecule has 2 heterocycles. The number of hydrogen-bond donors (Lipinski definition) is 1. The molecular formula is C18H15ClN4O2. The molecule has 0 bridgehead atoms. The lowest BCUT2D eigenvalue weighted by atomic mass is 10.1. The Kier molecular flexibility index (Phi) is 3.89. The van der Waals surface area contributed by atoms with Gasteiger partial charge in [0.25, 0.3) is 0 Å². The molecule has 25 heavy (non-hydrogen) atoms. The van der Waals surface area contributed by atoms with Crippen LogP contribution in [0.1, 0.15) is 18.2 Å². The summed E-state index contributed by atoms with van der Waals surface area (Å²) in [5.74, 6) is 0.408. The molecule has 126 valence electrons. The molecule has 3 aromatic rings. The Morgan fingerprint density at radius 3 is 2.44 bits per heavy atom. The average molecular weight is 355 g/mol. The highest BCUT2D eigenvalue weighted by atomic mass is 35.5. The highest BCUT2D eigenvalue weighted by molar-refractivity contribution is 6.30. The Labute approximate surface area is 148 Å². The van der Waals surface area contributed by atoms with Gasteiger partial charge in [0.15, 0.2) is 0 Å². The Bertz CT molecular complexity index is 963. The normalized spacial score (nSPS) is 17.2. The largest absolute Gasteiger partial charge is 0.347 e. The number of amides is 1. The first-order valence-corrected chi connectivity index (χ1v) is 8.30. The summed E-state index contributed by atoms with van der Waals surface area (Å²) < 4.78 is 1.53. The summed E-state index contributed by atoms with van der Waals surface area (Å²) >= 11 is 5.92. The molecule has 7 heteroatoms. The molecule has 1 aromatic heterocycles. The van der Waals surface area contributed by atoms with E-state index < -0.39 is 0 Å². The number of aromatic amines is 1. The number of benzene rings is 2. The predicted molar refractivity (Wildman–Crippen MR) is 95.3 cm³/mol. The van der Waals surface area contributed by atoms with Crippen LogP contribution in [0.2, 0.25) is 5.02 Å². The summed E-state index contributed by atoms with van der Waals surface area (Å²) in [5.41, 5.74) is 1.22. The third-order valence-corrected chi connectivity index (χ3v) is 4.59. The maximum atomic E-state index is 12.5. The van der Waals surface area contributed by atoms with E-state index in [0.29, 0.717) is 23.8 Å². The zero-order valence-electron chi connectivity index (χ0n) is 13.2. The monoisotopic (exact) mass is 354 g/mol. The van der Waals surface area contributed by atoms with E-state index in [9.17, 15) is 9.59 Å². The molecule has 1 unspecified atom stereocenters. The molecule has 1 saturated heterocycles. The van der Waals surface area contributed by atoms with Crippen molar-refractivity contribution in [3.63, 3.8) is 0 Å². The van der Waals surface area contributed by atoms with E-state index >= 15 is 0 Å². The van der Waals surface area contributed by atoms with Gasteiger partial charge in [-0.2, -0.15) is 5.10 Å². The molecule has 4 rings (SSSR count). The SMILES string of the molecule is O=C1CC(c2n[nH]c(=O)n2-c2ccccc2)CN1c1ccc(Cl)cc1. The Hall–Kier alpha value is -2.86. The first-order valence-electron chi connectivity index (χ1n) is 7.92. The Morgan fingerprint density at radius 1 is 1.00 bits per heavy atom. The van der Waals surface area contributed by atoms with Gasteiger partial charge in [-0.15, -0.1) is 0 Å². The van der Waals surface area contributed by atoms with Gasteiger partial charge in [0.05, 0.1) is 5.69 Å². The van der Waals surface area contributed by atoms with Crippen molar-refractivity contribution in [2.24, 2.45) is 0 Å². The fraction of sp³-hybridized carbons (Fsp3) is 0.167. The van der Waals surface area contributed by atoms with Gasteiger partial charge in [0, 0.05) is 29.6 Å². The van der Waals surface area contributed by atoms with Crippen LogP contribution in [0.3, 0.4) is 0 Å². The summed E-state index contributed by atoms with van der Waals surface area (Å²) in [5, 5.41) is 7.30. The lowest BCUT2D eigenvalue weighted by molar-refractivity contribution is -0.117. The van der Waals surface area contributed by atoms with Crippen LogP contribution in [-0.2, 0) is 4.79 Å². The number of nitrogens with one attached hydrogen (secondary N) is 1. The van der Waals surface area contributed by atoms with Gasteiger partial charge in [-0.3, -0.25) is 4.79 Å². The summed E-state index contributed by atoms with van der Waals surface area (Å²) in [6.45, 7) is 0.470. The quantitative estimate of drug-likeness (QED) is 0.786. The van der Waals surface area contributed by atoms with Crippen molar-refractivity contribution in [3.05, 3.63) is 75.9 Å². The van der Waals surface area contributed by atoms with Crippen LogP contribution in [-0.4, -0.2) is 27.2 Å². The molecule has 2 aromatic carbocycles. The third kappa shape index (κ3) is 2.85. The maximum Gasteiger partial charge on any atom is 0.347 e. The van der Waals surface area contributed by atoms with Crippen LogP contribution in [0.4, 0.5) is 5.69 Å². The minimum Gasteiger partial charge on any atom is -0.312 e. The molecule has 0 radical (unpaired) electrons. The van der Waals surface area contributed by atoms with Crippen LogP contribution in [0, 0.1) is 0 Å². The molecule has 0 spiro atoms. The first-order chi connectivity index (χ1) is 12.1. The van der Waals surface area contributed by atoms with Crippen molar-refractivity contribution >= 4 is 23.2 Å². The standard InChI is InChI=1S/C18H15ClN4O2/c19-13-6-8-14(9-7-13)22-11-12(10-16(22)24)17-20-21-18(25)23(17)15-4-2-1-3-5-15/h1-9,12H,10-11H2,(H,21,25). The molecule has 1 atom stereocenters. The average Bonchev–Trinajstić information content (AvgIpc) is 3.19. The molecule has 1 amide bonds. The fourth-order valence-electron chi connectivity index (χ4n) is 3.16. The van der Waals surface area contributed by atoms with Crippen molar-refractivity contribution in [1.82, 2.24) is 14.8 Å². The highest BCUT2D eigenvalue weighted by Crippen LogP contribution is 2.31. The van der Waals surface area contributed by atoms with E-state index in [-0.39, 0.29) is 17.5 Å². The van der Waals surface area contributed by atoms with Crippen LogP contribution in [0.25, 0.3) is 5.69 Å². The van der Waals surface area contributed by atoms with E-state index in [2.05, 4.69) is 10.2 Å². The van der Waals surface area contributed by atoms with Gasteiger partial charge < -0.3 is 4.90 Å². The summed E-state index contributed by atoms with van der Waals surface area (Å²) in [6.07, 6.45) is 0.305. The smallest absolute Gasteiger partial charge is 0.312 e. The lowest BCUT2D eigenvalue weighted by Crippen LogP contribution is -2.24. The van der Waals surface area contributed by atoms with Crippen LogP contribution in [0.15, 0.2) is 59.4 Å². The molecule has 1 fully saturated rings. The third-order valence-electron chi connectivity index (χ3n) is 4.34. The van der Waals surface area contributed by atoms with E-state index in [1.165, 1.54) is 4.57 Å². The zero-order chi connectivity index (χ0) is 17.4. The minimum atomic E-state index is -0.307. The number of halogens is 1. The van der Waals surface area contributed by atoms with Gasteiger partial charge in [0.2, 0.25) is 5.91 Å². The molecule has 1 aliphatic rings. The number of nitrogens with zero attached hydrogens (tertiary/aromatic N) is 3. The van der Waals surface area contributed by atoms with Crippen molar-refractivity contribution in [3.8, 4) is 5.69 Å². The molecule has 0 aliphatic carbocycles. The Balaban J connectivity index is 1.67. The summed E-state index contributed by atoms with van der Waals surface area (Å²) in [7, 11) is 0. The lowest BCUT2D eigenvalue weighted by Gasteiger charge is -2.17. The van der Waals surface area contributed by atoms with E-state index in [1.54, 1.807) is 17.0 Å². The molecular weight excluding hydrogens is 340 g/mol. The number of anilines is 1. The van der Waals surface area contributed by atoms with Crippen molar-refractivity contribution in [2.45, 2.75) is 12.3 Å². The summed E-state index contributed by atoms with van der Waals surface area (Å²) in [6, 6.07) is 16.4. The second kappa shape index (κ2) is 6.22. The number of para-hydroxylation sites is 1. The van der Waals surface area contributed by atoms with Gasteiger partial charge >= 0.3 is 5.69 Å². The highest BCUT2D eigenvalue weighted by Gasteiger charge is 2.35. The minimum absolute atomic E-state index is 0.00221. The molecule has 0 saturated carbocycles. The van der Waals surface area contributed by atoms with Crippen LogP contribution >= 0.6 is 11.6 Å². The van der Waals surface area contributed by atoms with Gasteiger partial charge in [0.1, 0.15) is 5.82 Å². The molecule has 1 aliphatic heterocycles. The van der Waals surface area contributed by atoms with E-state index in [0.717, 1.165) is 11.4 Å². The predicted octanol–water partition coefficient (Wildman–Crippen LogP) is 2.73. The summed E-state index contributed by atoms with van der Waals surface area (Å²) in [4.78, 5) is 26.4. The van der Waals surface area contributed by atoms with Crippen LogP contribution < -0.4 is 10.6 Å². The number of aromatic nitrogens is 3. The van der Waals surface area contributed by atoms with Crippen molar-refractivity contribution in [2.75, 3.05) is 11.4 Å². The van der Waals surface area contributed by atoms with Gasteiger partial charge in [-0.05, 0) is 36.4 Å². The molecule has 6 nitrogen and oxygen atoms in total. The maximum absolute atomic E-state index is 12.5. The molecule has 1 N–H and O–H groups in total. The first kappa shape index (κ1) is 15.7. The second-order valence-corrected chi connectivity index (χ2v) is 6.38.